The molecule has 1 aliphatic heterocycles. The van der Waals surface area contributed by atoms with E-state index in [9.17, 15) is 9.18 Å². The van der Waals surface area contributed by atoms with Crippen LogP contribution in [-0.4, -0.2) is 59.0 Å². The summed E-state index contributed by atoms with van der Waals surface area (Å²) in [4.78, 5) is 30.6. The highest BCUT2D eigenvalue weighted by molar-refractivity contribution is 6.04. The second-order valence-corrected chi connectivity index (χ2v) is 9.02. The smallest absolute Gasteiger partial charge is 0.251 e. The summed E-state index contributed by atoms with van der Waals surface area (Å²) < 4.78 is 13.2. The summed E-state index contributed by atoms with van der Waals surface area (Å²) >= 11 is 0. The molecule has 2 N–H and O–H groups in total. The molecule has 1 amide bonds. The number of likely N-dealkylation sites (N-methyl/N-ethyl adjacent to an activating group) is 1. The Labute approximate surface area is 214 Å². The van der Waals surface area contributed by atoms with Gasteiger partial charge in [0, 0.05) is 67.0 Å². The number of benzene rings is 2. The van der Waals surface area contributed by atoms with Crippen molar-refractivity contribution in [2.45, 2.75) is 6.92 Å². The first-order chi connectivity index (χ1) is 18.0. The molecule has 0 aliphatic carbocycles. The summed E-state index contributed by atoms with van der Waals surface area (Å²) in [5.41, 5.74) is 4.49. The minimum absolute atomic E-state index is 0.449. The van der Waals surface area contributed by atoms with Crippen molar-refractivity contribution >= 4 is 39.8 Å². The molecule has 188 valence electrons. The van der Waals surface area contributed by atoms with E-state index in [0.717, 1.165) is 48.9 Å². The topological polar surface area (TPSA) is 86.3 Å². The van der Waals surface area contributed by atoms with E-state index < -0.39 is 11.7 Å². The van der Waals surface area contributed by atoms with Gasteiger partial charge in [-0.3, -0.25) is 9.78 Å². The number of para-hydroxylation sites is 1. The van der Waals surface area contributed by atoms with Crippen molar-refractivity contribution in [1.29, 1.82) is 0 Å². The molecule has 1 aliphatic rings. The van der Waals surface area contributed by atoms with Crippen LogP contribution in [0, 0.1) is 0 Å². The Bertz CT molecular complexity index is 1440. The fourth-order valence-corrected chi connectivity index (χ4v) is 4.33. The third kappa shape index (κ3) is 5.73. The molecule has 37 heavy (non-hydrogen) atoms. The lowest BCUT2D eigenvalue weighted by Gasteiger charge is -2.34. The predicted octanol–water partition coefficient (Wildman–Crippen LogP) is 5.00. The molecule has 0 saturated carbocycles. The Morgan fingerprint density at radius 3 is 2.54 bits per heavy atom. The predicted molar refractivity (Wildman–Crippen MR) is 146 cm³/mol. The Hall–Kier alpha value is -4.37. The molecule has 0 radical (unpaired) electrons. The van der Waals surface area contributed by atoms with Crippen molar-refractivity contribution in [3.63, 3.8) is 0 Å². The van der Waals surface area contributed by atoms with E-state index in [1.165, 1.54) is 12.6 Å². The van der Waals surface area contributed by atoms with Crippen LogP contribution in [0.4, 0.5) is 27.4 Å². The van der Waals surface area contributed by atoms with Crippen LogP contribution in [0.25, 0.3) is 22.2 Å². The minimum Gasteiger partial charge on any atom is -0.369 e. The third-order valence-electron chi connectivity index (χ3n) is 6.25. The lowest BCUT2D eigenvalue weighted by molar-refractivity contribution is -0.112. The number of rotatable bonds is 6. The number of halogens is 1. The number of fused-ring (bicyclic) bond motifs is 1. The Morgan fingerprint density at radius 1 is 1.00 bits per heavy atom. The van der Waals surface area contributed by atoms with Crippen molar-refractivity contribution in [1.82, 2.24) is 19.9 Å². The van der Waals surface area contributed by atoms with Gasteiger partial charge in [-0.15, -0.1) is 0 Å². The van der Waals surface area contributed by atoms with E-state index in [1.807, 2.05) is 30.3 Å². The van der Waals surface area contributed by atoms with Gasteiger partial charge in [0.2, 0.25) is 5.95 Å². The van der Waals surface area contributed by atoms with Crippen molar-refractivity contribution in [2.24, 2.45) is 0 Å². The van der Waals surface area contributed by atoms with E-state index in [4.69, 9.17) is 4.98 Å². The number of allylic oxidation sites excluding steroid dienone is 1. The van der Waals surface area contributed by atoms with Gasteiger partial charge in [-0.25, -0.2) is 14.4 Å². The van der Waals surface area contributed by atoms with Crippen LogP contribution in [0.3, 0.4) is 0 Å². The zero-order valence-electron chi connectivity index (χ0n) is 20.8. The highest BCUT2D eigenvalue weighted by atomic mass is 19.1. The number of nitrogens with zero attached hydrogens (tertiary/aromatic N) is 5. The van der Waals surface area contributed by atoms with Gasteiger partial charge in [0.05, 0.1) is 16.9 Å². The molecule has 9 heteroatoms. The number of amides is 1. The summed E-state index contributed by atoms with van der Waals surface area (Å²) in [6, 6.07) is 17.4. The van der Waals surface area contributed by atoms with Crippen LogP contribution in [0.5, 0.6) is 0 Å². The number of piperazine rings is 1. The molecule has 2 aromatic carbocycles. The molecule has 2 aromatic heterocycles. The van der Waals surface area contributed by atoms with Crippen LogP contribution < -0.4 is 15.5 Å². The van der Waals surface area contributed by atoms with E-state index in [2.05, 4.69) is 49.6 Å². The summed E-state index contributed by atoms with van der Waals surface area (Å²) in [7, 11) is 2.15. The van der Waals surface area contributed by atoms with Gasteiger partial charge in [-0.2, -0.15) is 0 Å². The third-order valence-corrected chi connectivity index (χ3v) is 6.25. The van der Waals surface area contributed by atoms with Gasteiger partial charge >= 0.3 is 0 Å². The summed E-state index contributed by atoms with van der Waals surface area (Å²) in [5.74, 6) is -0.690. The van der Waals surface area contributed by atoms with Crippen LogP contribution in [-0.2, 0) is 4.79 Å². The largest absolute Gasteiger partial charge is 0.369 e. The summed E-state index contributed by atoms with van der Waals surface area (Å²) in [5, 5.41) is 6.83. The molecule has 3 heterocycles. The van der Waals surface area contributed by atoms with Crippen LogP contribution in [0.1, 0.15) is 6.92 Å². The molecule has 0 spiro atoms. The number of carbonyl (C=O) groups excluding carboxylic acids is 1. The molecule has 4 aromatic rings. The van der Waals surface area contributed by atoms with Gasteiger partial charge in [0.25, 0.3) is 5.91 Å². The molecule has 5 rings (SSSR count). The maximum atomic E-state index is 13.2. The monoisotopic (exact) mass is 497 g/mol. The van der Waals surface area contributed by atoms with Gasteiger partial charge in [-0.1, -0.05) is 18.2 Å². The van der Waals surface area contributed by atoms with Crippen LogP contribution in [0.15, 0.2) is 78.9 Å². The van der Waals surface area contributed by atoms with Gasteiger partial charge in [0.1, 0.15) is 5.83 Å². The molecule has 1 saturated heterocycles. The first-order valence-electron chi connectivity index (χ1n) is 12.1. The average Bonchev–Trinajstić information content (AvgIpc) is 2.89. The first-order valence-corrected chi connectivity index (χ1v) is 12.1. The van der Waals surface area contributed by atoms with Crippen molar-refractivity contribution in [3.05, 3.63) is 78.9 Å². The number of aromatic nitrogens is 3. The fraction of sp³-hybridized carbons (Fsp3) is 0.214. The lowest BCUT2D eigenvalue weighted by Crippen LogP contribution is -2.44. The van der Waals surface area contributed by atoms with Crippen LogP contribution in [0.2, 0.25) is 0 Å². The summed E-state index contributed by atoms with van der Waals surface area (Å²) in [6.45, 7) is 5.36. The second kappa shape index (κ2) is 10.7. The molecule has 1 fully saturated rings. The Morgan fingerprint density at radius 2 is 1.78 bits per heavy atom. The Kier molecular flexibility index (Phi) is 7.04. The van der Waals surface area contributed by atoms with Gasteiger partial charge < -0.3 is 20.4 Å². The average molecular weight is 498 g/mol. The highest BCUT2D eigenvalue weighted by Crippen LogP contribution is 2.32. The van der Waals surface area contributed by atoms with Gasteiger partial charge in [0.15, 0.2) is 0 Å². The molecule has 8 nitrogen and oxygen atoms in total. The zero-order chi connectivity index (χ0) is 25.8. The molecule has 0 bridgehead atoms. The van der Waals surface area contributed by atoms with Crippen molar-refractivity contribution in [3.8, 4) is 11.3 Å². The quantitative estimate of drug-likeness (QED) is 0.363. The number of anilines is 4. The first kappa shape index (κ1) is 24.3. The number of pyridine rings is 1. The standard InChI is InChI=1S/C28H28FN7O/c1-19(29)17-25(37)33-24-7-4-12-30-27(24)23-6-3-5-20-18-31-28(34-26(20)23)32-21-8-10-22(11-9-21)36-15-13-35(2)14-16-36/h3-12,17-18H,13-16H2,1-2H3,(H,33,37)(H,31,32,34). The molecular weight excluding hydrogens is 469 g/mol. The maximum absolute atomic E-state index is 13.2. The maximum Gasteiger partial charge on any atom is 0.251 e. The van der Waals surface area contributed by atoms with Crippen LogP contribution >= 0.6 is 0 Å². The van der Waals surface area contributed by atoms with Crippen molar-refractivity contribution < 1.29 is 9.18 Å². The normalized spacial score (nSPS) is 14.6. The minimum atomic E-state index is -0.576. The van der Waals surface area contributed by atoms with E-state index >= 15 is 0 Å². The van der Waals surface area contributed by atoms with Crippen molar-refractivity contribution in [2.75, 3.05) is 48.8 Å². The highest BCUT2D eigenvalue weighted by Gasteiger charge is 2.15. The second-order valence-electron chi connectivity index (χ2n) is 9.02. The number of carbonyl (C=O) groups is 1. The SMILES string of the molecule is CC(F)=CC(=O)Nc1cccnc1-c1cccc2cnc(Nc3ccc(N4CCN(C)CC4)cc3)nc12. The Balaban J connectivity index is 1.41. The van der Waals surface area contributed by atoms with Gasteiger partial charge in [-0.05, 0) is 50.4 Å². The van der Waals surface area contributed by atoms with E-state index in [-0.39, 0.29) is 0 Å². The fourth-order valence-electron chi connectivity index (χ4n) is 4.33. The molecular formula is C28H28FN7O. The number of nitrogens with one attached hydrogen (secondary N) is 2. The van der Waals surface area contributed by atoms with E-state index in [1.54, 1.807) is 24.5 Å². The summed E-state index contributed by atoms with van der Waals surface area (Å²) in [6.07, 6.45) is 4.30. The number of hydrogen-bond donors (Lipinski definition) is 2. The molecule has 0 unspecified atom stereocenters. The lowest BCUT2D eigenvalue weighted by atomic mass is 10.1. The number of hydrogen-bond acceptors (Lipinski definition) is 7. The zero-order valence-corrected chi connectivity index (χ0v) is 20.8. The molecule has 0 atom stereocenters. The van der Waals surface area contributed by atoms with E-state index in [0.29, 0.717) is 22.8 Å².